The summed E-state index contributed by atoms with van der Waals surface area (Å²) in [5.41, 5.74) is 3.67. The van der Waals surface area contributed by atoms with Gasteiger partial charge in [-0.2, -0.15) is 0 Å². The van der Waals surface area contributed by atoms with E-state index in [1.165, 1.54) is 0 Å². The minimum absolute atomic E-state index is 0.656. The molecule has 0 amide bonds. The average molecular weight is 322 g/mol. The molecule has 1 atom stereocenters. The second-order valence-corrected chi connectivity index (χ2v) is 5.09. The zero-order chi connectivity index (χ0) is 14.4. The van der Waals surface area contributed by atoms with E-state index < -0.39 is 6.10 Å². The van der Waals surface area contributed by atoms with Crippen LogP contribution in [0.5, 0.6) is 0 Å². The van der Waals surface area contributed by atoms with E-state index in [1.807, 2.05) is 52.0 Å². The van der Waals surface area contributed by atoms with Crippen LogP contribution in [-0.4, -0.2) is 11.3 Å². The highest BCUT2D eigenvalue weighted by molar-refractivity contribution is 9.15. The fourth-order valence-corrected chi connectivity index (χ4v) is 2.23. The first-order chi connectivity index (χ1) is 9.04. The molecule has 1 N–H and O–H groups in total. The topological polar surface area (TPSA) is 32.6 Å². The molecule has 0 spiro atoms. The van der Waals surface area contributed by atoms with Gasteiger partial charge in [-0.25, -0.2) is 0 Å². The van der Waals surface area contributed by atoms with Crippen LogP contribution in [0.15, 0.2) is 41.0 Å². The van der Waals surface area contributed by atoms with E-state index in [0.717, 1.165) is 21.2 Å². The van der Waals surface area contributed by atoms with E-state index in [9.17, 15) is 5.11 Å². The van der Waals surface area contributed by atoms with Gasteiger partial charge in [0.1, 0.15) is 6.10 Å². The molecule has 1 unspecified atom stereocenters. The van der Waals surface area contributed by atoms with Gasteiger partial charge in [0.05, 0.1) is 5.70 Å². The van der Waals surface area contributed by atoms with Gasteiger partial charge in [-0.15, -0.1) is 0 Å². The number of aryl methyl sites for hydroxylation is 1. The van der Waals surface area contributed by atoms with Gasteiger partial charge in [0.15, 0.2) is 0 Å². The minimum atomic E-state index is -0.718. The molecule has 1 aromatic carbocycles. The van der Waals surface area contributed by atoms with Crippen LogP contribution in [0.2, 0.25) is 0 Å². The van der Waals surface area contributed by atoms with Gasteiger partial charge in [0, 0.05) is 10.7 Å². The van der Waals surface area contributed by atoms with Gasteiger partial charge in [-0.05, 0) is 38.8 Å². The molecule has 3 heteroatoms. The third-order valence-electron chi connectivity index (χ3n) is 2.87. The highest BCUT2D eigenvalue weighted by atomic mass is 79.9. The number of benzene rings is 1. The van der Waals surface area contributed by atoms with Crippen molar-refractivity contribution in [2.24, 2.45) is 4.99 Å². The van der Waals surface area contributed by atoms with Crippen molar-refractivity contribution in [3.8, 4) is 0 Å². The maximum absolute atomic E-state index is 10.5. The van der Waals surface area contributed by atoms with Crippen LogP contribution in [0.3, 0.4) is 0 Å². The summed E-state index contributed by atoms with van der Waals surface area (Å²) < 4.78 is 0.973. The summed E-state index contributed by atoms with van der Waals surface area (Å²) in [7, 11) is 0. The van der Waals surface area contributed by atoms with Crippen molar-refractivity contribution in [1.82, 2.24) is 0 Å². The van der Waals surface area contributed by atoms with Gasteiger partial charge in [-0.3, -0.25) is 4.99 Å². The summed E-state index contributed by atoms with van der Waals surface area (Å²) in [6, 6.07) is 6.02. The number of aliphatic hydroxyl groups is 1. The maximum atomic E-state index is 10.5. The Hall–Kier alpha value is -1.19. The van der Waals surface area contributed by atoms with Crippen molar-refractivity contribution in [3.63, 3.8) is 0 Å². The lowest BCUT2D eigenvalue weighted by Crippen LogP contribution is -2.03. The van der Waals surface area contributed by atoms with Crippen LogP contribution >= 0.6 is 15.9 Å². The molecule has 0 bridgehead atoms. The molecule has 19 heavy (non-hydrogen) atoms. The van der Waals surface area contributed by atoms with Crippen LogP contribution in [0.4, 0.5) is 0 Å². The molecule has 0 saturated carbocycles. The molecule has 1 aromatic rings. The molecule has 0 fully saturated rings. The van der Waals surface area contributed by atoms with E-state index in [0.29, 0.717) is 5.70 Å². The zero-order valence-electron chi connectivity index (χ0n) is 11.8. The van der Waals surface area contributed by atoms with Crippen LogP contribution in [0.25, 0.3) is 4.48 Å². The quantitative estimate of drug-likeness (QED) is 0.795. The lowest BCUT2D eigenvalue weighted by atomic mass is 9.97. The van der Waals surface area contributed by atoms with Crippen molar-refractivity contribution in [3.05, 3.63) is 52.7 Å². The number of aliphatic imine (C=N–C) groups is 1. The summed E-state index contributed by atoms with van der Waals surface area (Å²) in [5, 5.41) is 10.5. The van der Waals surface area contributed by atoms with Crippen LogP contribution < -0.4 is 0 Å². The fourth-order valence-electron chi connectivity index (χ4n) is 1.88. The fraction of sp³-hybridized carbons (Fsp3) is 0.312. The third kappa shape index (κ3) is 3.88. The first kappa shape index (κ1) is 15.9. The zero-order valence-corrected chi connectivity index (χ0v) is 13.4. The summed E-state index contributed by atoms with van der Waals surface area (Å²) >= 11 is 3.54. The van der Waals surface area contributed by atoms with E-state index >= 15 is 0 Å². The van der Waals surface area contributed by atoms with Gasteiger partial charge in [0.25, 0.3) is 0 Å². The SMILES string of the molecule is CC=N/C(=C\C)C(O)c1ccc(C)cc1/C(Br)=C\C. The van der Waals surface area contributed by atoms with E-state index in [2.05, 4.69) is 27.0 Å². The number of hydrogen-bond donors (Lipinski definition) is 1. The molecular weight excluding hydrogens is 302 g/mol. The summed E-state index contributed by atoms with van der Waals surface area (Å²) in [4.78, 5) is 4.22. The standard InChI is InChI=1S/C16H20BrNO/c1-5-14(17)13-10-11(4)8-9-12(13)16(19)15(6-2)18-7-3/h5-10,16,19H,1-4H3/b14-5+,15-6-,18-7?. The lowest BCUT2D eigenvalue weighted by Gasteiger charge is -2.16. The van der Waals surface area contributed by atoms with Gasteiger partial charge in [-0.1, -0.05) is 51.8 Å². The Kier molecular flexibility index (Phi) is 6.19. The molecule has 0 aliphatic heterocycles. The smallest absolute Gasteiger partial charge is 0.121 e. The first-order valence-corrected chi connectivity index (χ1v) is 7.10. The van der Waals surface area contributed by atoms with Gasteiger partial charge >= 0.3 is 0 Å². The average Bonchev–Trinajstić information content (AvgIpc) is 2.43. The number of halogens is 1. The van der Waals surface area contributed by atoms with E-state index in [-0.39, 0.29) is 0 Å². The second kappa shape index (κ2) is 7.41. The van der Waals surface area contributed by atoms with Crippen LogP contribution in [-0.2, 0) is 0 Å². The van der Waals surface area contributed by atoms with E-state index in [1.54, 1.807) is 6.21 Å². The molecule has 102 valence electrons. The Morgan fingerprint density at radius 3 is 2.47 bits per heavy atom. The van der Waals surface area contributed by atoms with Crippen LogP contribution in [0, 0.1) is 6.92 Å². The minimum Gasteiger partial charge on any atom is -0.382 e. The van der Waals surface area contributed by atoms with Crippen molar-refractivity contribution in [2.45, 2.75) is 33.8 Å². The van der Waals surface area contributed by atoms with E-state index in [4.69, 9.17) is 0 Å². The molecule has 2 nitrogen and oxygen atoms in total. The number of allylic oxidation sites excluding steroid dienone is 2. The molecule has 0 saturated heterocycles. The van der Waals surface area contributed by atoms with Crippen LogP contribution in [0.1, 0.15) is 43.6 Å². The van der Waals surface area contributed by atoms with Crippen molar-refractivity contribution in [1.29, 1.82) is 0 Å². The van der Waals surface area contributed by atoms with Crippen molar-refractivity contribution >= 4 is 26.6 Å². The molecular formula is C16H20BrNO. The predicted octanol–water partition coefficient (Wildman–Crippen LogP) is 4.78. The van der Waals surface area contributed by atoms with Crippen molar-refractivity contribution in [2.75, 3.05) is 0 Å². The number of aliphatic hydroxyl groups excluding tert-OH is 1. The molecule has 1 rings (SSSR count). The largest absolute Gasteiger partial charge is 0.382 e. The maximum Gasteiger partial charge on any atom is 0.121 e. The molecule has 0 heterocycles. The summed E-state index contributed by atoms with van der Waals surface area (Å²) in [6.45, 7) is 7.72. The van der Waals surface area contributed by atoms with Crippen molar-refractivity contribution < 1.29 is 5.11 Å². The normalized spacial score (nSPS) is 15.1. The summed E-state index contributed by atoms with van der Waals surface area (Å²) in [5.74, 6) is 0. The highest BCUT2D eigenvalue weighted by Gasteiger charge is 2.17. The third-order valence-corrected chi connectivity index (χ3v) is 3.75. The second-order valence-electron chi connectivity index (χ2n) is 4.23. The van der Waals surface area contributed by atoms with Gasteiger partial charge in [0.2, 0.25) is 0 Å². The predicted molar refractivity (Wildman–Crippen MR) is 86.6 cm³/mol. The lowest BCUT2D eigenvalue weighted by molar-refractivity contribution is 0.214. The number of rotatable bonds is 4. The Morgan fingerprint density at radius 1 is 1.26 bits per heavy atom. The first-order valence-electron chi connectivity index (χ1n) is 6.30. The monoisotopic (exact) mass is 321 g/mol. The summed E-state index contributed by atoms with van der Waals surface area (Å²) in [6.07, 6.45) is 4.78. The molecule has 0 radical (unpaired) electrons. The van der Waals surface area contributed by atoms with Gasteiger partial charge < -0.3 is 5.11 Å². The molecule has 0 aromatic heterocycles. The number of nitrogens with zero attached hydrogens (tertiary/aromatic N) is 1. The Morgan fingerprint density at radius 2 is 1.95 bits per heavy atom. The number of hydrogen-bond acceptors (Lipinski definition) is 2. The Balaban J connectivity index is 3.34. The Bertz CT molecular complexity index is 530. The highest BCUT2D eigenvalue weighted by Crippen LogP contribution is 2.33. The molecule has 0 aliphatic carbocycles. The molecule has 0 aliphatic rings. The Labute approximate surface area is 123 Å².